The molecule has 1 aromatic rings. The quantitative estimate of drug-likeness (QED) is 0.805. The van der Waals surface area contributed by atoms with Gasteiger partial charge in [-0.2, -0.15) is 0 Å². The van der Waals surface area contributed by atoms with Gasteiger partial charge in [-0.1, -0.05) is 44.0 Å². The maximum absolute atomic E-state index is 11.7. The van der Waals surface area contributed by atoms with Crippen LogP contribution in [0.5, 0.6) is 0 Å². The average Bonchev–Trinajstić information content (AvgIpc) is 2.87. The lowest BCUT2D eigenvalue weighted by Gasteiger charge is -2.19. The summed E-state index contributed by atoms with van der Waals surface area (Å²) in [6, 6.07) is 8.42. The van der Waals surface area contributed by atoms with Crippen molar-refractivity contribution in [1.29, 1.82) is 0 Å². The van der Waals surface area contributed by atoms with Gasteiger partial charge in [0.15, 0.2) is 0 Å². The fourth-order valence-corrected chi connectivity index (χ4v) is 2.88. The van der Waals surface area contributed by atoms with Crippen LogP contribution in [-0.2, 0) is 22.7 Å². The van der Waals surface area contributed by atoms with Crippen molar-refractivity contribution < 1.29 is 9.59 Å². The van der Waals surface area contributed by atoms with Gasteiger partial charge in [0, 0.05) is 19.5 Å². The SMILES string of the molecule is CCC(=O)NCC(=O)NCc1ccc(CN2CCCCCC2)cc1. The molecule has 0 radical (unpaired) electrons. The molecule has 5 heteroatoms. The summed E-state index contributed by atoms with van der Waals surface area (Å²) in [6.07, 6.45) is 5.71. The van der Waals surface area contributed by atoms with Gasteiger partial charge in [0.05, 0.1) is 6.54 Å². The van der Waals surface area contributed by atoms with E-state index < -0.39 is 0 Å². The predicted molar refractivity (Wildman–Crippen MR) is 95.3 cm³/mol. The van der Waals surface area contributed by atoms with Gasteiger partial charge in [-0.25, -0.2) is 0 Å². The first kappa shape index (κ1) is 18.5. The number of carbonyl (C=O) groups excluding carboxylic acids is 2. The predicted octanol–water partition coefficient (Wildman–Crippen LogP) is 2.20. The normalized spacial score (nSPS) is 15.5. The molecule has 1 saturated heterocycles. The van der Waals surface area contributed by atoms with E-state index in [0.29, 0.717) is 13.0 Å². The van der Waals surface area contributed by atoms with E-state index in [1.54, 1.807) is 6.92 Å². The minimum absolute atomic E-state index is 0.0414. The summed E-state index contributed by atoms with van der Waals surface area (Å²) >= 11 is 0. The highest BCUT2D eigenvalue weighted by molar-refractivity contribution is 5.84. The fourth-order valence-electron chi connectivity index (χ4n) is 2.88. The molecule has 0 bridgehead atoms. The third-order valence-electron chi connectivity index (χ3n) is 4.38. The van der Waals surface area contributed by atoms with Crippen LogP contribution >= 0.6 is 0 Å². The Kier molecular flexibility index (Phi) is 7.75. The number of nitrogens with zero attached hydrogens (tertiary/aromatic N) is 1. The van der Waals surface area contributed by atoms with Crippen LogP contribution < -0.4 is 10.6 Å². The van der Waals surface area contributed by atoms with Crippen molar-refractivity contribution in [2.75, 3.05) is 19.6 Å². The van der Waals surface area contributed by atoms with Crippen LogP contribution in [0.15, 0.2) is 24.3 Å². The molecule has 0 aromatic heterocycles. The third kappa shape index (κ3) is 6.71. The Morgan fingerprint density at radius 3 is 2.17 bits per heavy atom. The molecule has 2 rings (SSSR count). The summed E-state index contributed by atoms with van der Waals surface area (Å²) in [5.41, 5.74) is 2.40. The van der Waals surface area contributed by atoms with Crippen molar-refractivity contribution in [3.63, 3.8) is 0 Å². The Labute approximate surface area is 144 Å². The van der Waals surface area contributed by atoms with Crippen LogP contribution in [0.25, 0.3) is 0 Å². The van der Waals surface area contributed by atoms with Crippen LogP contribution in [-0.4, -0.2) is 36.3 Å². The number of nitrogens with one attached hydrogen (secondary N) is 2. The van der Waals surface area contributed by atoms with Gasteiger partial charge in [-0.05, 0) is 37.1 Å². The van der Waals surface area contributed by atoms with Gasteiger partial charge >= 0.3 is 0 Å². The number of hydrogen-bond donors (Lipinski definition) is 2. The van der Waals surface area contributed by atoms with Gasteiger partial charge in [-0.15, -0.1) is 0 Å². The molecule has 24 heavy (non-hydrogen) atoms. The summed E-state index contributed by atoms with van der Waals surface area (Å²) in [7, 11) is 0. The number of benzene rings is 1. The van der Waals surface area contributed by atoms with E-state index in [-0.39, 0.29) is 18.4 Å². The number of amides is 2. The molecule has 132 valence electrons. The number of likely N-dealkylation sites (tertiary alicyclic amines) is 1. The van der Waals surface area contributed by atoms with E-state index in [1.807, 2.05) is 0 Å². The highest BCUT2D eigenvalue weighted by Crippen LogP contribution is 2.13. The minimum Gasteiger partial charge on any atom is -0.350 e. The highest BCUT2D eigenvalue weighted by Gasteiger charge is 2.09. The Balaban J connectivity index is 1.73. The summed E-state index contributed by atoms with van der Waals surface area (Å²) in [4.78, 5) is 25.3. The Hall–Kier alpha value is -1.88. The summed E-state index contributed by atoms with van der Waals surface area (Å²) in [5.74, 6) is -0.270. The zero-order chi connectivity index (χ0) is 17.2. The van der Waals surface area contributed by atoms with E-state index in [2.05, 4.69) is 39.8 Å². The molecule has 0 saturated carbocycles. The van der Waals surface area contributed by atoms with Crippen molar-refractivity contribution >= 4 is 11.8 Å². The lowest BCUT2D eigenvalue weighted by Crippen LogP contribution is -2.36. The summed E-state index contributed by atoms with van der Waals surface area (Å²) < 4.78 is 0. The van der Waals surface area contributed by atoms with Crippen molar-refractivity contribution in [2.24, 2.45) is 0 Å². The number of hydrogen-bond acceptors (Lipinski definition) is 3. The number of carbonyl (C=O) groups is 2. The summed E-state index contributed by atoms with van der Waals surface area (Å²) in [6.45, 7) is 5.70. The molecular weight excluding hydrogens is 302 g/mol. The molecule has 2 amide bonds. The monoisotopic (exact) mass is 331 g/mol. The van der Waals surface area contributed by atoms with Crippen molar-refractivity contribution in [3.8, 4) is 0 Å². The van der Waals surface area contributed by atoms with Crippen LogP contribution in [0.3, 0.4) is 0 Å². The molecule has 5 nitrogen and oxygen atoms in total. The molecular formula is C19H29N3O2. The molecule has 1 aliphatic rings. The van der Waals surface area contributed by atoms with E-state index in [1.165, 1.54) is 44.3 Å². The lowest BCUT2D eigenvalue weighted by atomic mass is 10.1. The van der Waals surface area contributed by atoms with Crippen LogP contribution in [0.1, 0.15) is 50.2 Å². The second kappa shape index (κ2) is 10.1. The highest BCUT2D eigenvalue weighted by atomic mass is 16.2. The maximum atomic E-state index is 11.7. The van der Waals surface area contributed by atoms with Crippen LogP contribution in [0.2, 0.25) is 0 Å². The van der Waals surface area contributed by atoms with Crippen LogP contribution in [0, 0.1) is 0 Å². The first-order chi connectivity index (χ1) is 11.7. The van der Waals surface area contributed by atoms with Gasteiger partial charge in [-0.3, -0.25) is 14.5 Å². The van der Waals surface area contributed by atoms with Crippen LogP contribution in [0.4, 0.5) is 0 Å². The Bertz CT molecular complexity index is 520. The fraction of sp³-hybridized carbons (Fsp3) is 0.579. The Morgan fingerprint density at radius 2 is 1.54 bits per heavy atom. The largest absolute Gasteiger partial charge is 0.350 e. The molecule has 0 spiro atoms. The molecule has 1 fully saturated rings. The smallest absolute Gasteiger partial charge is 0.239 e. The topological polar surface area (TPSA) is 61.4 Å². The molecule has 1 heterocycles. The summed E-state index contributed by atoms with van der Waals surface area (Å²) in [5, 5.41) is 5.40. The zero-order valence-corrected chi connectivity index (χ0v) is 14.6. The first-order valence-electron chi connectivity index (χ1n) is 9.01. The second-order valence-electron chi connectivity index (χ2n) is 6.41. The van der Waals surface area contributed by atoms with E-state index >= 15 is 0 Å². The van der Waals surface area contributed by atoms with E-state index in [4.69, 9.17) is 0 Å². The van der Waals surface area contributed by atoms with Gasteiger partial charge in [0.25, 0.3) is 0 Å². The second-order valence-corrected chi connectivity index (χ2v) is 6.41. The van der Waals surface area contributed by atoms with E-state index in [9.17, 15) is 9.59 Å². The first-order valence-corrected chi connectivity index (χ1v) is 9.01. The maximum Gasteiger partial charge on any atom is 0.239 e. The average molecular weight is 331 g/mol. The van der Waals surface area contributed by atoms with E-state index in [0.717, 1.165) is 12.1 Å². The molecule has 1 aliphatic heterocycles. The molecule has 0 unspecified atom stereocenters. The molecule has 1 aromatic carbocycles. The zero-order valence-electron chi connectivity index (χ0n) is 14.6. The van der Waals surface area contributed by atoms with Crippen molar-refractivity contribution in [1.82, 2.24) is 15.5 Å². The van der Waals surface area contributed by atoms with Crippen molar-refractivity contribution in [3.05, 3.63) is 35.4 Å². The third-order valence-corrected chi connectivity index (χ3v) is 4.38. The molecule has 2 N–H and O–H groups in total. The molecule has 0 aliphatic carbocycles. The van der Waals surface area contributed by atoms with Gasteiger partial charge in [0.1, 0.15) is 0 Å². The van der Waals surface area contributed by atoms with Gasteiger partial charge in [0.2, 0.25) is 11.8 Å². The number of rotatable bonds is 7. The standard InChI is InChI=1S/C19H29N3O2/c1-2-18(23)21-14-19(24)20-13-16-7-9-17(10-8-16)15-22-11-5-3-4-6-12-22/h7-10H,2-6,11-15H2,1H3,(H,20,24)(H,21,23). The van der Waals surface area contributed by atoms with Gasteiger partial charge < -0.3 is 10.6 Å². The molecule has 0 atom stereocenters. The minimum atomic E-state index is -0.162. The lowest BCUT2D eigenvalue weighted by molar-refractivity contribution is -0.126. The Morgan fingerprint density at radius 1 is 0.917 bits per heavy atom. The van der Waals surface area contributed by atoms with Crippen molar-refractivity contribution in [2.45, 2.75) is 52.1 Å².